The van der Waals surface area contributed by atoms with Crippen molar-refractivity contribution in [3.05, 3.63) is 59.8 Å². The molecule has 1 saturated carbocycles. The maximum atomic E-state index is 9.85. The van der Waals surface area contributed by atoms with Crippen LogP contribution in [0.5, 0.6) is 0 Å². The quantitative estimate of drug-likeness (QED) is 0.318. The number of piperidine rings is 1. The third-order valence-electron chi connectivity index (χ3n) is 8.51. The number of likely N-dealkylation sites (tertiary alicyclic amines) is 1. The average Bonchev–Trinajstić information content (AvgIpc) is 3.33. The minimum absolute atomic E-state index is 0.266. The summed E-state index contributed by atoms with van der Waals surface area (Å²) in [6.07, 6.45) is 2.88. The Bertz CT molecular complexity index is 1300. The van der Waals surface area contributed by atoms with Gasteiger partial charge in [-0.3, -0.25) is 0 Å². The summed E-state index contributed by atoms with van der Waals surface area (Å²) in [5.41, 5.74) is 2.78. The van der Waals surface area contributed by atoms with Gasteiger partial charge in [0, 0.05) is 61.7 Å². The molecule has 0 bridgehead atoms. The van der Waals surface area contributed by atoms with Gasteiger partial charge in [-0.05, 0) is 61.2 Å². The molecule has 1 aliphatic heterocycles. The van der Waals surface area contributed by atoms with Gasteiger partial charge in [-0.25, -0.2) is 4.98 Å². The molecule has 1 N–H and O–H groups in total. The Kier molecular flexibility index (Phi) is 7.40. The van der Waals surface area contributed by atoms with E-state index in [2.05, 4.69) is 72.9 Å². The normalized spacial score (nSPS) is 22.1. The summed E-state index contributed by atoms with van der Waals surface area (Å²) in [5, 5.41) is 14.3. The van der Waals surface area contributed by atoms with Crippen LogP contribution in [0.1, 0.15) is 50.9 Å². The fourth-order valence-corrected chi connectivity index (χ4v) is 6.10. The predicted octanol–water partition coefficient (Wildman–Crippen LogP) is 5.19. The van der Waals surface area contributed by atoms with Crippen LogP contribution in [0.2, 0.25) is 18.1 Å². The topological polar surface area (TPSA) is 76.6 Å². The molecule has 202 valence electrons. The lowest BCUT2D eigenvalue weighted by Gasteiger charge is -2.36. The lowest BCUT2D eigenvalue weighted by atomic mass is 10.1. The Hall–Kier alpha value is -2.70. The SMILES string of the molecule is C[C@H](O)c1nccn1Cc1cc(-c2ccc(C#C[C@H]3[C@H]4CN(CCO[Si](C)(C)C(C)(C)C)C[C@@H]34)cc2)on1. The highest BCUT2D eigenvalue weighted by Crippen LogP contribution is 2.51. The molecule has 0 unspecified atom stereocenters. The Morgan fingerprint density at radius 1 is 1.18 bits per heavy atom. The van der Waals surface area contributed by atoms with Gasteiger partial charge in [0.2, 0.25) is 0 Å². The molecule has 8 heteroatoms. The molecule has 3 aromatic rings. The Morgan fingerprint density at radius 3 is 2.55 bits per heavy atom. The van der Waals surface area contributed by atoms with Crippen LogP contribution in [0.4, 0.5) is 0 Å². The van der Waals surface area contributed by atoms with E-state index in [1.165, 1.54) is 0 Å². The number of hydrogen-bond acceptors (Lipinski definition) is 6. The highest BCUT2D eigenvalue weighted by Gasteiger charge is 2.54. The van der Waals surface area contributed by atoms with Gasteiger partial charge in [-0.1, -0.05) is 37.8 Å². The van der Waals surface area contributed by atoms with E-state index in [-0.39, 0.29) is 5.04 Å². The molecule has 0 radical (unpaired) electrons. The molecule has 0 spiro atoms. The van der Waals surface area contributed by atoms with Crippen LogP contribution in [0, 0.1) is 29.6 Å². The highest BCUT2D eigenvalue weighted by atomic mass is 28.4. The number of rotatable bonds is 8. The Balaban J connectivity index is 1.10. The van der Waals surface area contributed by atoms with E-state index in [1.54, 1.807) is 13.1 Å². The summed E-state index contributed by atoms with van der Waals surface area (Å²) in [4.78, 5) is 6.76. The van der Waals surface area contributed by atoms with Crippen molar-refractivity contribution >= 4 is 8.32 Å². The van der Waals surface area contributed by atoms with Crippen LogP contribution in [0.3, 0.4) is 0 Å². The van der Waals surface area contributed by atoms with E-state index in [4.69, 9.17) is 8.95 Å². The zero-order valence-electron chi connectivity index (χ0n) is 23.4. The molecule has 1 saturated heterocycles. The second kappa shape index (κ2) is 10.5. The summed E-state index contributed by atoms with van der Waals surface area (Å²) in [7, 11) is -1.66. The molecule has 7 nitrogen and oxygen atoms in total. The largest absolute Gasteiger partial charge is 0.416 e. The second-order valence-corrected chi connectivity index (χ2v) is 17.1. The molecule has 38 heavy (non-hydrogen) atoms. The van der Waals surface area contributed by atoms with Crippen molar-refractivity contribution in [2.24, 2.45) is 17.8 Å². The number of fused-ring (bicyclic) bond motifs is 1. The van der Waals surface area contributed by atoms with E-state index in [1.807, 2.05) is 29.0 Å². The number of aliphatic hydroxyl groups excluding tert-OH is 1. The summed E-state index contributed by atoms with van der Waals surface area (Å²) < 4.78 is 13.8. The van der Waals surface area contributed by atoms with Crippen molar-refractivity contribution in [1.29, 1.82) is 0 Å². The first-order chi connectivity index (χ1) is 18.0. The molecule has 5 rings (SSSR count). The zero-order valence-corrected chi connectivity index (χ0v) is 24.4. The summed E-state index contributed by atoms with van der Waals surface area (Å²) in [6.45, 7) is 17.9. The van der Waals surface area contributed by atoms with Gasteiger partial charge in [-0.15, -0.1) is 0 Å². The van der Waals surface area contributed by atoms with Crippen LogP contribution in [0.15, 0.2) is 47.2 Å². The Morgan fingerprint density at radius 2 is 1.89 bits per heavy atom. The molecular weight excluding hydrogens is 492 g/mol. The first-order valence-electron chi connectivity index (χ1n) is 13.6. The van der Waals surface area contributed by atoms with Gasteiger partial charge >= 0.3 is 0 Å². The third-order valence-corrected chi connectivity index (χ3v) is 13.0. The second-order valence-electron chi connectivity index (χ2n) is 12.3. The fraction of sp³-hybridized carbons (Fsp3) is 0.533. The standard InChI is InChI=1S/C30H40N4O3Si/c1-21(35)29-31-13-14-34(29)18-24-17-28(37-32-24)23-10-7-22(8-11-23)9-12-25-26-19-33(20-27(25)26)15-16-36-38(5,6)30(2,3)4/h7-8,10-11,13-14,17,21,25-27,35H,15-16,18-20H2,1-6H3/t21-,25-,26+,27-/m0/s1. The lowest BCUT2D eigenvalue weighted by molar-refractivity contribution is 0.184. The first-order valence-corrected chi connectivity index (χ1v) is 16.6. The molecule has 0 amide bonds. The van der Waals surface area contributed by atoms with E-state index < -0.39 is 14.4 Å². The number of aliphatic hydroxyl groups is 1. The van der Waals surface area contributed by atoms with Crippen LogP contribution < -0.4 is 0 Å². The minimum Gasteiger partial charge on any atom is -0.416 e. The van der Waals surface area contributed by atoms with Gasteiger partial charge in [0.25, 0.3) is 0 Å². The third kappa shape index (κ3) is 5.81. The number of hydrogen-bond donors (Lipinski definition) is 1. The molecule has 4 atom stereocenters. The van der Waals surface area contributed by atoms with Crippen molar-refractivity contribution in [2.45, 2.75) is 58.5 Å². The lowest BCUT2D eigenvalue weighted by Crippen LogP contribution is -2.42. The summed E-state index contributed by atoms with van der Waals surface area (Å²) in [5.74, 6) is 10.2. The fourth-order valence-electron chi connectivity index (χ4n) is 5.06. The molecule has 2 aromatic heterocycles. The van der Waals surface area contributed by atoms with Crippen LogP contribution >= 0.6 is 0 Å². The number of nitrogens with zero attached hydrogens (tertiary/aromatic N) is 4. The number of benzene rings is 1. The van der Waals surface area contributed by atoms with Crippen molar-refractivity contribution in [3.8, 4) is 23.2 Å². The maximum absolute atomic E-state index is 9.85. The van der Waals surface area contributed by atoms with Gasteiger partial charge in [0.15, 0.2) is 14.1 Å². The molecule has 1 aromatic carbocycles. The van der Waals surface area contributed by atoms with Gasteiger partial charge in [-0.2, -0.15) is 0 Å². The van der Waals surface area contributed by atoms with Crippen molar-refractivity contribution in [1.82, 2.24) is 19.6 Å². The minimum atomic E-state index is -1.66. The monoisotopic (exact) mass is 532 g/mol. The molecule has 1 aliphatic carbocycles. The molecule has 3 heterocycles. The zero-order chi connectivity index (χ0) is 27.1. The van der Waals surface area contributed by atoms with Crippen LogP contribution in [-0.2, 0) is 11.0 Å². The predicted molar refractivity (Wildman–Crippen MR) is 151 cm³/mol. The summed E-state index contributed by atoms with van der Waals surface area (Å²) >= 11 is 0. The number of aromatic nitrogens is 3. The van der Waals surface area contributed by atoms with Gasteiger partial charge in [0.1, 0.15) is 17.6 Å². The van der Waals surface area contributed by atoms with E-state index in [9.17, 15) is 5.11 Å². The van der Waals surface area contributed by atoms with Crippen molar-refractivity contribution < 1.29 is 14.1 Å². The summed E-state index contributed by atoms with van der Waals surface area (Å²) in [6, 6.07) is 10.1. The van der Waals surface area contributed by atoms with E-state index in [0.717, 1.165) is 43.1 Å². The Labute approximate surface area is 227 Å². The first kappa shape index (κ1) is 26.9. The maximum Gasteiger partial charge on any atom is 0.192 e. The molecular formula is C30H40N4O3Si. The van der Waals surface area contributed by atoms with Crippen LogP contribution in [0.25, 0.3) is 11.3 Å². The van der Waals surface area contributed by atoms with Gasteiger partial charge in [0.05, 0.1) is 6.54 Å². The van der Waals surface area contributed by atoms with Crippen LogP contribution in [-0.4, -0.2) is 59.3 Å². The van der Waals surface area contributed by atoms with Crippen molar-refractivity contribution in [3.63, 3.8) is 0 Å². The smallest absolute Gasteiger partial charge is 0.192 e. The molecule has 2 aliphatic rings. The molecule has 2 fully saturated rings. The van der Waals surface area contributed by atoms with Crippen molar-refractivity contribution in [2.75, 3.05) is 26.2 Å². The van der Waals surface area contributed by atoms with E-state index in [0.29, 0.717) is 35.9 Å². The van der Waals surface area contributed by atoms with Gasteiger partial charge < -0.3 is 23.5 Å². The number of imidazole rings is 1. The average molecular weight is 533 g/mol. The highest BCUT2D eigenvalue weighted by molar-refractivity contribution is 6.74. The van der Waals surface area contributed by atoms with E-state index >= 15 is 0 Å².